The van der Waals surface area contributed by atoms with Crippen LogP contribution in [0.1, 0.15) is 33.6 Å². The standard InChI is InChI=1S/C31H46N2O9Si/c1-31(2,3)43(19-11-7-5-8-12-19,20-13-9-6-10-14-20)42-27-21(32)15-16-22(35)28(27)41-30-25(33)29(39-18-24(36)38-4)26(37)23(17-34)40-30/h5-14,21-23,25-30,34-35,37H,15-18,32-33H2,1-4H3/t21-,22-,23?,25?,26-,27+,28+,29-,30+/m1/s1. The van der Waals surface area contributed by atoms with Crippen molar-refractivity contribution in [1.29, 1.82) is 0 Å². The number of carbonyl (C=O) groups excluding carboxylic acids is 1. The molecule has 43 heavy (non-hydrogen) atoms. The molecule has 11 nitrogen and oxygen atoms in total. The van der Waals surface area contributed by atoms with E-state index in [1.165, 1.54) is 7.11 Å². The molecule has 238 valence electrons. The van der Waals surface area contributed by atoms with E-state index in [4.69, 9.17) is 30.1 Å². The van der Waals surface area contributed by atoms with Gasteiger partial charge in [-0.05, 0) is 28.3 Å². The molecule has 2 aromatic carbocycles. The van der Waals surface area contributed by atoms with Crippen LogP contribution in [0.2, 0.25) is 5.04 Å². The van der Waals surface area contributed by atoms with Gasteiger partial charge in [0.25, 0.3) is 8.32 Å². The zero-order chi connectivity index (χ0) is 31.4. The fourth-order valence-corrected chi connectivity index (χ4v) is 10.9. The van der Waals surface area contributed by atoms with Crippen molar-refractivity contribution in [3.05, 3.63) is 60.7 Å². The molecule has 9 atom stereocenters. The van der Waals surface area contributed by atoms with E-state index in [-0.39, 0.29) is 5.04 Å². The molecule has 0 amide bonds. The molecule has 1 aliphatic heterocycles. The second kappa shape index (κ2) is 14.2. The summed E-state index contributed by atoms with van der Waals surface area (Å²) in [6.45, 7) is 5.43. The van der Waals surface area contributed by atoms with E-state index in [0.717, 1.165) is 10.4 Å². The molecule has 2 aromatic rings. The molecular weight excluding hydrogens is 572 g/mol. The lowest BCUT2D eigenvalue weighted by atomic mass is 9.88. The molecule has 1 heterocycles. The van der Waals surface area contributed by atoms with Crippen LogP contribution in [0.3, 0.4) is 0 Å². The average Bonchev–Trinajstić information content (AvgIpc) is 3.00. The molecule has 12 heteroatoms. The molecule has 7 N–H and O–H groups in total. The van der Waals surface area contributed by atoms with Crippen molar-refractivity contribution >= 4 is 24.7 Å². The third-order valence-corrected chi connectivity index (χ3v) is 13.5. The highest BCUT2D eigenvalue weighted by atomic mass is 28.4. The maximum absolute atomic E-state index is 11.7. The Labute approximate surface area is 254 Å². The van der Waals surface area contributed by atoms with E-state index in [2.05, 4.69) is 49.8 Å². The molecule has 4 rings (SSSR count). The highest BCUT2D eigenvalue weighted by molar-refractivity contribution is 6.99. The predicted molar refractivity (Wildman–Crippen MR) is 162 cm³/mol. The maximum atomic E-state index is 11.7. The second-order valence-electron chi connectivity index (χ2n) is 12.3. The Bertz CT molecular complexity index is 1130. The van der Waals surface area contributed by atoms with E-state index in [0.29, 0.717) is 12.8 Å². The van der Waals surface area contributed by atoms with Crippen molar-refractivity contribution in [1.82, 2.24) is 0 Å². The van der Waals surface area contributed by atoms with Gasteiger partial charge in [-0.1, -0.05) is 81.4 Å². The minimum absolute atomic E-state index is 0.362. The molecule has 1 saturated carbocycles. The third-order valence-electron chi connectivity index (χ3n) is 8.46. The third kappa shape index (κ3) is 7.04. The van der Waals surface area contributed by atoms with Gasteiger partial charge < -0.3 is 50.2 Å². The van der Waals surface area contributed by atoms with Crippen LogP contribution in [0, 0.1) is 0 Å². The minimum atomic E-state index is -3.11. The summed E-state index contributed by atoms with van der Waals surface area (Å²) in [7, 11) is -1.89. The van der Waals surface area contributed by atoms with Crippen molar-refractivity contribution in [2.45, 2.75) is 93.6 Å². The number of hydrogen-bond donors (Lipinski definition) is 5. The molecule has 0 bridgehead atoms. The van der Waals surface area contributed by atoms with Gasteiger partial charge in [-0.15, -0.1) is 0 Å². The normalized spacial score (nSPS) is 31.9. The average molecular weight is 619 g/mol. The number of nitrogens with two attached hydrogens (primary N) is 2. The van der Waals surface area contributed by atoms with Crippen molar-refractivity contribution in [3.63, 3.8) is 0 Å². The zero-order valence-corrected chi connectivity index (χ0v) is 26.2. The van der Waals surface area contributed by atoms with Crippen LogP contribution in [0.25, 0.3) is 0 Å². The van der Waals surface area contributed by atoms with Crippen molar-refractivity contribution in [2.24, 2.45) is 11.5 Å². The number of aliphatic hydroxyl groups is 3. The van der Waals surface area contributed by atoms with Crippen molar-refractivity contribution < 1.29 is 43.5 Å². The largest absolute Gasteiger partial charge is 0.467 e. The maximum Gasteiger partial charge on any atom is 0.331 e. The summed E-state index contributed by atoms with van der Waals surface area (Å²) in [6, 6.07) is 18.6. The Morgan fingerprint density at radius 1 is 0.953 bits per heavy atom. The number of aliphatic hydroxyl groups excluding tert-OH is 3. The van der Waals surface area contributed by atoms with E-state index in [1.807, 2.05) is 36.4 Å². The van der Waals surface area contributed by atoms with Crippen LogP contribution in [0.4, 0.5) is 0 Å². The van der Waals surface area contributed by atoms with Crippen LogP contribution in [0.5, 0.6) is 0 Å². The first-order valence-corrected chi connectivity index (χ1v) is 16.6. The van der Waals surface area contributed by atoms with Crippen LogP contribution < -0.4 is 21.8 Å². The summed E-state index contributed by atoms with van der Waals surface area (Å²) < 4.78 is 29.9. The number of hydrogen-bond acceptors (Lipinski definition) is 11. The number of carbonyl (C=O) groups is 1. The first kappa shape index (κ1) is 33.7. The van der Waals surface area contributed by atoms with Crippen LogP contribution in [0.15, 0.2) is 60.7 Å². The Balaban J connectivity index is 1.72. The Morgan fingerprint density at radius 2 is 1.53 bits per heavy atom. The van der Waals surface area contributed by atoms with E-state index < -0.39 is 82.5 Å². The minimum Gasteiger partial charge on any atom is -0.467 e. The Morgan fingerprint density at radius 3 is 2.05 bits per heavy atom. The zero-order valence-electron chi connectivity index (χ0n) is 25.2. The monoisotopic (exact) mass is 618 g/mol. The highest BCUT2D eigenvalue weighted by Crippen LogP contribution is 2.40. The quantitative estimate of drug-likeness (QED) is 0.176. The van der Waals surface area contributed by atoms with E-state index in [9.17, 15) is 20.1 Å². The lowest BCUT2D eigenvalue weighted by molar-refractivity contribution is -0.301. The van der Waals surface area contributed by atoms with Gasteiger partial charge in [-0.25, -0.2) is 4.79 Å². The van der Waals surface area contributed by atoms with Gasteiger partial charge >= 0.3 is 5.97 Å². The fraction of sp³-hybridized carbons (Fsp3) is 0.581. The first-order chi connectivity index (χ1) is 20.4. The first-order valence-electron chi connectivity index (χ1n) is 14.7. The van der Waals surface area contributed by atoms with Gasteiger partial charge in [-0.2, -0.15) is 0 Å². The summed E-state index contributed by atoms with van der Waals surface area (Å²) in [5.41, 5.74) is 13.2. The van der Waals surface area contributed by atoms with Gasteiger partial charge in [-0.3, -0.25) is 0 Å². The fourth-order valence-electron chi connectivity index (χ4n) is 6.17. The summed E-state index contributed by atoms with van der Waals surface area (Å²) in [5, 5.41) is 33.8. The Kier molecular flexibility index (Phi) is 11.2. The van der Waals surface area contributed by atoms with Crippen LogP contribution >= 0.6 is 0 Å². The van der Waals surface area contributed by atoms with Crippen molar-refractivity contribution in [3.8, 4) is 0 Å². The predicted octanol–water partition coefficient (Wildman–Crippen LogP) is -0.238. The molecule has 0 spiro atoms. The summed E-state index contributed by atoms with van der Waals surface area (Å²) >= 11 is 0. The summed E-state index contributed by atoms with van der Waals surface area (Å²) in [4.78, 5) is 11.7. The molecule has 1 saturated heterocycles. The Hall–Kier alpha value is -2.23. The molecule has 2 aliphatic rings. The van der Waals surface area contributed by atoms with Crippen molar-refractivity contribution in [2.75, 3.05) is 20.3 Å². The second-order valence-corrected chi connectivity index (χ2v) is 16.6. The molecule has 0 aromatic heterocycles. The number of methoxy groups -OCH3 is 1. The molecular formula is C31H46N2O9Si. The lowest BCUT2D eigenvalue weighted by Gasteiger charge is -2.51. The van der Waals surface area contributed by atoms with E-state index in [1.54, 1.807) is 0 Å². The molecule has 2 fully saturated rings. The molecule has 0 radical (unpaired) electrons. The summed E-state index contributed by atoms with van der Waals surface area (Å²) in [6.07, 6.45) is -6.62. The summed E-state index contributed by atoms with van der Waals surface area (Å²) in [5.74, 6) is -0.656. The van der Waals surface area contributed by atoms with Gasteiger partial charge in [0.1, 0.15) is 31.0 Å². The highest BCUT2D eigenvalue weighted by Gasteiger charge is 2.55. The van der Waals surface area contributed by atoms with E-state index >= 15 is 0 Å². The van der Waals surface area contributed by atoms with Gasteiger partial charge in [0.15, 0.2) is 6.29 Å². The number of esters is 1. The van der Waals surface area contributed by atoms with Gasteiger partial charge in [0, 0.05) is 6.04 Å². The van der Waals surface area contributed by atoms with Gasteiger partial charge in [0.2, 0.25) is 0 Å². The SMILES string of the molecule is COC(=O)CO[C@@H]1C(N)[C@H](O[C@@H]2[C@@H](O[Si](c3ccccc3)(c3ccccc3)C(C)(C)C)[C@H](N)CC[C@H]2O)OC(CO)[C@H]1O. The number of ether oxygens (including phenoxy) is 4. The molecule has 1 aliphatic carbocycles. The molecule has 2 unspecified atom stereocenters. The lowest BCUT2D eigenvalue weighted by Crippen LogP contribution is -2.72. The topological polar surface area (TPSA) is 176 Å². The van der Waals surface area contributed by atoms with Crippen LogP contribution in [-0.4, -0.2) is 105 Å². The van der Waals surface area contributed by atoms with Gasteiger partial charge in [0.05, 0.1) is 32.0 Å². The number of rotatable bonds is 10. The smallest absolute Gasteiger partial charge is 0.331 e. The van der Waals surface area contributed by atoms with Crippen LogP contribution in [-0.2, 0) is 28.2 Å². The number of benzene rings is 2.